The largest absolute Gasteiger partial charge is 0.494 e. The third-order valence-electron chi connectivity index (χ3n) is 4.26. The molecule has 5 nitrogen and oxygen atoms in total. The van der Waals surface area contributed by atoms with Crippen LogP contribution in [0.15, 0.2) is 18.2 Å². The summed E-state index contributed by atoms with van der Waals surface area (Å²) in [4.78, 5) is 14.1. The minimum atomic E-state index is -0.483. The summed E-state index contributed by atoms with van der Waals surface area (Å²) in [5.41, 5.74) is 0.650. The summed E-state index contributed by atoms with van der Waals surface area (Å²) in [7, 11) is 1.42. The van der Waals surface area contributed by atoms with Crippen molar-refractivity contribution in [3.05, 3.63) is 29.6 Å². The van der Waals surface area contributed by atoms with Crippen molar-refractivity contribution in [2.75, 3.05) is 33.4 Å². The number of piperidine rings is 1. The van der Waals surface area contributed by atoms with Crippen LogP contribution < -0.4 is 4.74 Å². The van der Waals surface area contributed by atoms with Crippen molar-refractivity contribution in [3.63, 3.8) is 0 Å². The van der Waals surface area contributed by atoms with Gasteiger partial charge >= 0.3 is 0 Å². The Morgan fingerprint density at radius 3 is 2.59 bits per heavy atom. The van der Waals surface area contributed by atoms with Gasteiger partial charge in [0.25, 0.3) is 0 Å². The summed E-state index contributed by atoms with van der Waals surface area (Å²) in [5.74, 6) is -0.745. The summed E-state index contributed by atoms with van der Waals surface area (Å²) in [5, 5.41) is 0. The van der Waals surface area contributed by atoms with Crippen LogP contribution in [0.25, 0.3) is 0 Å². The molecular weight excluding hydrogens is 289 g/mol. The number of hydrogen-bond acceptors (Lipinski definition) is 4. The number of halogens is 1. The van der Waals surface area contributed by atoms with Gasteiger partial charge in [-0.15, -0.1) is 0 Å². The Hall–Kier alpha value is -1.66. The molecular formula is C16H20FNO4. The highest BCUT2D eigenvalue weighted by Gasteiger charge is 2.40. The lowest BCUT2D eigenvalue weighted by atomic mass is 10.0. The molecule has 1 amide bonds. The molecule has 0 atom stereocenters. The van der Waals surface area contributed by atoms with Gasteiger partial charge in [-0.05, 0) is 17.7 Å². The number of methoxy groups -OCH3 is 1. The fourth-order valence-corrected chi connectivity index (χ4v) is 2.99. The highest BCUT2D eigenvalue weighted by molar-refractivity contribution is 5.79. The van der Waals surface area contributed by atoms with Gasteiger partial charge in [-0.2, -0.15) is 0 Å². The van der Waals surface area contributed by atoms with Gasteiger partial charge in [0.2, 0.25) is 5.91 Å². The molecule has 1 aromatic rings. The van der Waals surface area contributed by atoms with Crippen LogP contribution in [-0.2, 0) is 20.7 Å². The van der Waals surface area contributed by atoms with E-state index in [0.29, 0.717) is 44.7 Å². The number of amides is 1. The molecule has 2 heterocycles. The molecule has 22 heavy (non-hydrogen) atoms. The zero-order valence-electron chi connectivity index (χ0n) is 12.6. The molecule has 1 spiro atoms. The second-order valence-corrected chi connectivity index (χ2v) is 5.63. The molecule has 2 saturated heterocycles. The average molecular weight is 309 g/mol. The first-order valence-electron chi connectivity index (χ1n) is 7.50. The standard InChI is InChI=1S/C16H20FNO4/c1-20-14-3-2-12(10-13(14)17)11-15(19)18-6-4-16(5-7-18)21-8-9-22-16/h2-3,10H,4-9,11H2,1H3. The molecule has 2 fully saturated rings. The number of carbonyl (C=O) groups is 1. The third kappa shape index (κ3) is 3.08. The van der Waals surface area contributed by atoms with E-state index in [-0.39, 0.29) is 18.1 Å². The highest BCUT2D eigenvalue weighted by atomic mass is 19.1. The van der Waals surface area contributed by atoms with E-state index in [9.17, 15) is 9.18 Å². The van der Waals surface area contributed by atoms with Crippen molar-refractivity contribution >= 4 is 5.91 Å². The van der Waals surface area contributed by atoms with Gasteiger partial charge in [0.05, 0.1) is 26.7 Å². The first-order chi connectivity index (χ1) is 10.6. The van der Waals surface area contributed by atoms with E-state index in [1.165, 1.54) is 13.2 Å². The first-order valence-corrected chi connectivity index (χ1v) is 7.50. The lowest BCUT2D eigenvalue weighted by Gasteiger charge is -2.37. The Balaban J connectivity index is 1.57. The topological polar surface area (TPSA) is 48.0 Å². The van der Waals surface area contributed by atoms with Gasteiger partial charge in [0.15, 0.2) is 17.4 Å². The molecule has 0 aliphatic carbocycles. The van der Waals surface area contributed by atoms with Crippen molar-refractivity contribution < 1.29 is 23.4 Å². The molecule has 0 bridgehead atoms. The molecule has 2 aliphatic rings. The van der Waals surface area contributed by atoms with E-state index in [2.05, 4.69) is 0 Å². The van der Waals surface area contributed by atoms with E-state index in [4.69, 9.17) is 14.2 Å². The molecule has 120 valence electrons. The van der Waals surface area contributed by atoms with Crippen LogP contribution in [0.1, 0.15) is 18.4 Å². The number of ether oxygens (including phenoxy) is 3. The lowest BCUT2D eigenvalue weighted by Crippen LogP contribution is -2.47. The average Bonchev–Trinajstić information content (AvgIpc) is 2.96. The van der Waals surface area contributed by atoms with Crippen LogP contribution in [0.2, 0.25) is 0 Å². The molecule has 0 aromatic heterocycles. The third-order valence-corrected chi connectivity index (χ3v) is 4.26. The van der Waals surface area contributed by atoms with Crippen molar-refractivity contribution in [1.29, 1.82) is 0 Å². The number of carbonyl (C=O) groups excluding carboxylic acids is 1. The number of nitrogens with zero attached hydrogens (tertiary/aromatic N) is 1. The Labute approximate surface area is 128 Å². The van der Waals surface area contributed by atoms with Crippen LogP contribution in [0, 0.1) is 5.82 Å². The van der Waals surface area contributed by atoms with Crippen LogP contribution in [0.3, 0.4) is 0 Å². The van der Waals surface area contributed by atoms with Crippen molar-refractivity contribution in [2.24, 2.45) is 0 Å². The fourth-order valence-electron chi connectivity index (χ4n) is 2.99. The predicted molar refractivity (Wildman–Crippen MR) is 77.1 cm³/mol. The minimum absolute atomic E-state index is 0.00239. The molecule has 1 aromatic carbocycles. The summed E-state index contributed by atoms with van der Waals surface area (Å²) in [6.45, 7) is 2.47. The van der Waals surface area contributed by atoms with Crippen LogP contribution in [0.5, 0.6) is 5.75 Å². The van der Waals surface area contributed by atoms with Crippen molar-refractivity contribution in [3.8, 4) is 5.75 Å². The Morgan fingerprint density at radius 1 is 1.32 bits per heavy atom. The molecule has 0 unspecified atom stereocenters. The fraction of sp³-hybridized carbons (Fsp3) is 0.562. The molecule has 6 heteroatoms. The second kappa shape index (κ2) is 6.22. The second-order valence-electron chi connectivity index (χ2n) is 5.63. The smallest absolute Gasteiger partial charge is 0.226 e. The van der Waals surface area contributed by atoms with Crippen molar-refractivity contribution in [1.82, 2.24) is 4.90 Å². The van der Waals surface area contributed by atoms with Gasteiger partial charge in [-0.1, -0.05) is 6.07 Å². The van der Waals surface area contributed by atoms with Crippen molar-refractivity contribution in [2.45, 2.75) is 25.0 Å². The van der Waals surface area contributed by atoms with Gasteiger partial charge in [0.1, 0.15) is 0 Å². The molecule has 0 radical (unpaired) electrons. The highest BCUT2D eigenvalue weighted by Crippen LogP contribution is 2.31. The number of benzene rings is 1. The lowest BCUT2D eigenvalue weighted by molar-refractivity contribution is -0.187. The van der Waals surface area contributed by atoms with Crippen LogP contribution in [0.4, 0.5) is 4.39 Å². The molecule has 2 aliphatic heterocycles. The van der Waals surface area contributed by atoms with Crippen LogP contribution in [-0.4, -0.2) is 50.0 Å². The van der Waals surface area contributed by atoms with E-state index in [1.807, 2.05) is 0 Å². The monoisotopic (exact) mass is 309 g/mol. The zero-order chi connectivity index (χ0) is 15.6. The molecule has 0 saturated carbocycles. The maximum absolute atomic E-state index is 13.7. The molecule has 3 rings (SSSR count). The van der Waals surface area contributed by atoms with Gasteiger partial charge < -0.3 is 19.1 Å². The quantitative estimate of drug-likeness (QED) is 0.853. The van der Waals surface area contributed by atoms with E-state index >= 15 is 0 Å². The first kappa shape index (κ1) is 15.2. The predicted octanol–water partition coefficient (Wildman–Crippen LogP) is 1.74. The van der Waals surface area contributed by atoms with Crippen LogP contribution >= 0.6 is 0 Å². The Morgan fingerprint density at radius 2 is 2.00 bits per heavy atom. The van der Waals surface area contributed by atoms with Gasteiger partial charge in [-0.25, -0.2) is 4.39 Å². The maximum Gasteiger partial charge on any atom is 0.226 e. The minimum Gasteiger partial charge on any atom is -0.494 e. The number of likely N-dealkylation sites (tertiary alicyclic amines) is 1. The zero-order valence-corrected chi connectivity index (χ0v) is 12.6. The summed E-state index contributed by atoms with van der Waals surface area (Å²) < 4.78 is 29.8. The van der Waals surface area contributed by atoms with Gasteiger partial charge in [-0.3, -0.25) is 4.79 Å². The van der Waals surface area contributed by atoms with E-state index < -0.39 is 11.6 Å². The number of hydrogen-bond donors (Lipinski definition) is 0. The summed E-state index contributed by atoms with van der Waals surface area (Å²) in [6, 6.07) is 4.61. The SMILES string of the molecule is COc1ccc(CC(=O)N2CCC3(CC2)OCCO3)cc1F. The summed E-state index contributed by atoms with van der Waals surface area (Å²) >= 11 is 0. The Kier molecular flexibility index (Phi) is 4.31. The van der Waals surface area contributed by atoms with E-state index in [1.54, 1.807) is 17.0 Å². The summed E-state index contributed by atoms with van der Waals surface area (Å²) in [6.07, 6.45) is 1.57. The number of rotatable bonds is 3. The Bertz CT molecular complexity index is 547. The molecule has 0 N–H and O–H groups in total. The van der Waals surface area contributed by atoms with E-state index in [0.717, 1.165) is 0 Å². The van der Waals surface area contributed by atoms with Gasteiger partial charge in [0, 0.05) is 25.9 Å². The maximum atomic E-state index is 13.7. The normalized spacial score (nSPS) is 20.4.